The lowest BCUT2D eigenvalue weighted by molar-refractivity contribution is -0.164. The van der Waals surface area contributed by atoms with Gasteiger partial charge >= 0.3 is 5.97 Å². The molecule has 1 aromatic heterocycles. The van der Waals surface area contributed by atoms with E-state index in [-0.39, 0.29) is 24.9 Å². The smallest absolute Gasteiger partial charge is 0.338 e. The molecule has 0 fully saturated rings. The third kappa shape index (κ3) is 8.51. The van der Waals surface area contributed by atoms with Gasteiger partial charge in [-0.2, -0.15) is 0 Å². The van der Waals surface area contributed by atoms with Crippen molar-refractivity contribution in [1.82, 2.24) is 20.5 Å². The first-order valence-corrected chi connectivity index (χ1v) is 16.4. The van der Waals surface area contributed by atoms with Gasteiger partial charge in [0.2, 0.25) is 17.7 Å². The number of nitrogens with one attached hydrogen (secondary N) is 3. The minimum Gasteiger partial charge on any atom is -0.460 e. The molecule has 7 atom stereocenters. The summed E-state index contributed by atoms with van der Waals surface area (Å²) in [5, 5.41) is 16.4. The first-order valence-electron chi connectivity index (χ1n) is 16.4. The quantitative estimate of drug-likeness (QED) is 0.239. The molecule has 4 N–H and O–H groups in total. The van der Waals surface area contributed by atoms with Gasteiger partial charge in [-0.05, 0) is 49.9 Å². The van der Waals surface area contributed by atoms with Gasteiger partial charge in [-0.15, -0.1) is 0 Å². The Balaban J connectivity index is 1.80. The van der Waals surface area contributed by atoms with Crippen LogP contribution < -0.4 is 10.6 Å². The van der Waals surface area contributed by atoms with Crippen LogP contribution in [0, 0.1) is 11.8 Å². The Hall–Kier alpha value is -4.48. The Morgan fingerprint density at radius 2 is 1.65 bits per heavy atom. The molecule has 0 spiro atoms. The number of allylic oxidation sites excluding steroid dienone is 1. The number of hydrogen-bond acceptors (Lipinski definition) is 7. The van der Waals surface area contributed by atoms with E-state index in [0.29, 0.717) is 17.5 Å². The highest BCUT2D eigenvalue weighted by Crippen LogP contribution is 2.26. The number of aromatic amines is 1. The van der Waals surface area contributed by atoms with Crippen LogP contribution in [0.2, 0.25) is 0 Å². The molecule has 3 amide bonds. The second-order valence-electron chi connectivity index (χ2n) is 12.9. The zero-order chi connectivity index (χ0) is 35.1. The summed E-state index contributed by atoms with van der Waals surface area (Å²) in [5.41, 5.74) is 3.84. The highest BCUT2D eigenvalue weighted by Gasteiger charge is 2.38. The number of fused-ring (bicyclic) bond motifs is 1. The lowest BCUT2D eigenvalue weighted by Crippen LogP contribution is -2.56. The van der Waals surface area contributed by atoms with E-state index in [1.165, 1.54) is 19.1 Å². The van der Waals surface area contributed by atoms with Crippen LogP contribution in [0.25, 0.3) is 10.9 Å². The van der Waals surface area contributed by atoms with Crippen LogP contribution in [0.1, 0.15) is 63.8 Å². The van der Waals surface area contributed by atoms with Crippen LogP contribution in [0.5, 0.6) is 0 Å². The Bertz CT molecular complexity index is 1630. The van der Waals surface area contributed by atoms with E-state index in [1.807, 2.05) is 50.4 Å². The number of ether oxygens (including phenoxy) is 2. The van der Waals surface area contributed by atoms with Gasteiger partial charge in [0.1, 0.15) is 18.2 Å². The number of nitrogens with zero attached hydrogens (tertiary/aromatic N) is 1. The van der Waals surface area contributed by atoms with E-state index in [2.05, 4.69) is 15.6 Å². The number of methoxy groups -OCH3 is 1. The number of benzene rings is 2. The molecule has 0 bridgehead atoms. The Labute approximate surface area is 282 Å². The number of aliphatic hydroxyl groups is 1. The lowest BCUT2D eigenvalue weighted by Gasteiger charge is -2.33. The maximum absolute atomic E-state index is 14.4. The van der Waals surface area contributed by atoms with Crippen molar-refractivity contribution in [2.75, 3.05) is 14.2 Å². The number of amides is 3. The summed E-state index contributed by atoms with van der Waals surface area (Å²) < 4.78 is 11.6. The molecule has 258 valence electrons. The Morgan fingerprint density at radius 3 is 2.31 bits per heavy atom. The summed E-state index contributed by atoms with van der Waals surface area (Å²) >= 11 is 0. The third-order valence-corrected chi connectivity index (χ3v) is 9.21. The molecule has 48 heavy (non-hydrogen) atoms. The van der Waals surface area contributed by atoms with Crippen LogP contribution in [0.15, 0.2) is 66.4 Å². The van der Waals surface area contributed by atoms with Gasteiger partial charge in [-0.25, -0.2) is 4.79 Å². The molecule has 0 aliphatic carbocycles. The number of rotatable bonds is 5. The Morgan fingerprint density at radius 1 is 0.958 bits per heavy atom. The highest BCUT2D eigenvalue weighted by atomic mass is 16.6. The molecule has 2 aromatic carbocycles. The van der Waals surface area contributed by atoms with Gasteiger partial charge in [-0.1, -0.05) is 68.0 Å². The number of esters is 1. The van der Waals surface area contributed by atoms with Gasteiger partial charge in [0.05, 0.1) is 12.6 Å². The van der Waals surface area contributed by atoms with E-state index in [0.717, 1.165) is 22.0 Å². The minimum absolute atomic E-state index is 0.145. The molecular formula is C37H48N4O7. The molecule has 4 rings (SSSR count). The average molecular weight is 661 g/mol. The normalized spacial score (nSPS) is 28.1. The van der Waals surface area contributed by atoms with Crippen LogP contribution in [-0.4, -0.2) is 77.1 Å². The molecule has 2 heterocycles. The van der Waals surface area contributed by atoms with E-state index in [1.54, 1.807) is 45.0 Å². The molecule has 2 unspecified atom stereocenters. The first kappa shape index (κ1) is 36.4. The van der Waals surface area contributed by atoms with Crippen molar-refractivity contribution in [3.05, 3.63) is 83.1 Å². The fourth-order valence-electron chi connectivity index (χ4n) is 6.16. The fourth-order valence-corrected chi connectivity index (χ4v) is 6.16. The predicted octanol–water partition coefficient (Wildman–Crippen LogP) is 3.96. The van der Waals surface area contributed by atoms with Crippen molar-refractivity contribution < 1.29 is 33.8 Å². The zero-order valence-electron chi connectivity index (χ0n) is 28.8. The number of para-hydroxylation sites is 1. The second kappa shape index (κ2) is 16.1. The molecule has 3 aromatic rings. The van der Waals surface area contributed by atoms with Crippen molar-refractivity contribution >= 4 is 34.6 Å². The number of cyclic esters (lactones) is 1. The number of carbonyl (C=O) groups excluding carboxylic acids is 4. The lowest BCUT2D eigenvalue weighted by atomic mass is 9.95. The topological polar surface area (TPSA) is 150 Å². The van der Waals surface area contributed by atoms with E-state index in [9.17, 15) is 24.3 Å². The molecule has 0 saturated carbocycles. The summed E-state index contributed by atoms with van der Waals surface area (Å²) in [6.07, 6.45) is 2.60. The van der Waals surface area contributed by atoms with Gasteiger partial charge in [0.25, 0.3) is 0 Å². The number of H-pyrrole nitrogens is 1. The van der Waals surface area contributed by atoms with Crippen LogP contribution >= 0.6 is 0 Å². The maximum Gasteiger partial charge on any atom is 0.338 e. The van der Waals surface area contributed by atoms with Crippen molar-refractivity contribution in [2.45, 2.75) is 84.4 Å². The second-order valence-corrected chi connectivity index (χ2v) is 12.9. The minimum atomic E-state index is -1.24. The molecule has 11 nitrogen and oxygen atoms in total. The fraction of sp³-hybridized carbons (Fsp3) is 0.459. The van der Waals surface area contributed by atoms with Crippen molar-refractivity contribution in [3.8, 4) is 0 Å². The third-order valence-electron chi connectivity index (χ3n) is 9.21. The van der Waals surface area contributed by atoms with Crippen molar-refractivity contribution in [2.24, 2.45) is 11.8 Å². The van der Waals surface area contributed by atoms with E-state index in [4.69, 9.17) is 9.47 Å². The molecule has 11 heteroatoms. The first-order chi connectivity index (χ1) is 22.8. The monoisotopic (exact) mass is 660 g/mol. The summed E-state index contributed by atoms with van der Waals surface area (Å²) in [5.74, 6) is -2.54. The van der Waals surface area contributed by atoms with Crippen molar-refractivity contribution in [3.63, 3.8) is 0 Å². The van der Waals surface area contributed by atoms with Crippen LogP contribution in [0.3, 0.4) is 0 Å². The van der Waals surface area contributed by atoms with E-state index >= 15 is 0 Å². The van der Waals surface area contributed by atoms with Gasteiger partial charge in [-0.3, -0.25) is 14.4 Å². The number of carbonyl (C=O) groups is 4. The number of aliphatic hydroxyl groups excluding tert-OH is 1. The molecule has 1 aliphatic rings. The molecule has 0 saturated heterocycles. The maximum atomic E-state index is 14.4. The van der Waals surface area contributed by atoms with Crippen molar-refractivity contribution in [1.29, 1.82) is 0 Å². The molecule has 0 radical (unpaired) electrons. The predicted molar refractivity (Wildman–Crippen MR) is 182 cm³/mol. The average Bonchev–Trinajstić information content (AvgIpc) is 3.48. The summed E-state index contributed by atoms with van der Waals surface area (Å²) in [6, 6.07) is 11.5. The number of aromatic nitrogens is 1. The SMILES string of the molecule is COC1C(=O)O[C@H](C)[C@H](C)/C=C(\C)C[C@H](C)C(=O)N[C@@H](C)C(=O)N(C)C(Cc2c[nH]c3ccccc23)C(=O)N[C@H]1c1ccc(CO)cc1. The highest BCUT2D eigenvalue weighted by molar-refractivity contribution is 5.93. The van der Waals surface area contributed by atoms with Gasteiger partial charge in [0, 0.05) is 49.5 Å². The van der Waals surface area contributed by atoms with Gasteiger partial charge < -0.3 is 35.1 Å². The largest absolute Gasteiger partial charge is 0.460 e. The molecular weight excluding hydrogens is 612 g/mol. The number of hydrogen-bond donors (Lipinski definition) is 4. The summed E-state index contributed by atoms with van der Waals surface area (Å²) in [4.78, 5) is 59.8. The number of likely N-dealkylation sites (N-methyl/N-ethyl adjacent to an activating group) is 1. The standard InChI is InChI=1S/C37H48N4O7/c1-21-16-22(2)25(5)48-37(46)33(47-7)32(27-14-12-26(20-42)13-15-27)40-35(44)31(18-28-19-38-30-11-9-8-10-29(28)30)41(6)36(45)24(4)39-34(43)23(3)17-21/h8-16,19,22-25,31-33,38,42H,17-18,20H2,1-7H3,(H,39,43)(H,40,44)/b21-16+/t22-,23+,24+,25-,31?,32+,33?/m1/s1. The van der Waals surface area contributed by atoms with Crippen LogP contribution in [0.4, 0.5) is 0 Å². The summed E-state index contributed by atoms with van der Waals surface area (Å²) in [7, 11) is 2.91. The summed E-state index contributed by atoms with van der Waals surface area (Å²) in [6.45, 7) is 8.86. The van der Waals surface area contributed by atoms with Gasteiger partial charge in [0.15, 0.2) is 6.10 Å². The van der Waals surface area contributed by atoms with E-state index < -0.39 is 54.0 Å². The van der Waals surface area contributed by atoms with Crippen LogP contribution in [-0.2, 0) is 41.7 Å². The zero-order valence-corrected chi connectivity index (χ0v) is 28.8. The molecule has 1 aliphatic heterocycles. The Kier molecular flexibility index (Phi) is 12.2.